The van der Waals surface area contributed by atoms with Crippen LogP contribution in [0.15, 0.2) is 45.3 Å². The summed E-state index contributed by atoms with van der Waals surface area (Å²) in [7, 11) is 0. The van der Waals surface area contributed by atoms with Gasteiger partial charge in [-0.2, -0.15) is 0 Å². The monoisotopic (exact) mass is 460 g/mol. The van der Waals surface area contributed by atoms with E-state index < -0.39 is 11.9 Å². The second-order valence-corrected chi connectivity index (χ2v) is 8.17. The van der Waals surface area contributed by atoms with Crippen molar-refractivity contribution >= 4 is 34.6 Å². The summed E-state index contributed by atoms with van der Waals surface area (Å²) in [6.07, 6.45) is 0.364. The molecule has 0 bridgehead atoms. The van der Waals surface area contributed by atoms with Gasteiger partial charge in [0.1, 0.15) is 17.4 Å². The van der Waals surface area contributed by atoms with Gasteiger partial charge in [-0.05, 0) is 32.9 Å². The third kappa shape index (κ3) is 5.05. The molecular formula is C22H26ClFN6O2. The van der Waals surface area contributed by atoms with E-state index in [1.165, 1.54) is 17.0 Å². The van der Waals surface area contributed by atoms with Gasteiger partial charge in [-0.15, -0.1) is 0 Å². The largest absolute Gasteiger partial charge is 0.493 e. The minimum Gasteiger partial charge on any atom is -0.493 e. The van der Waals surface area contributed by atoms with Crippen LogP contribution in [0.2, 0.25) is 0 Å². The maximum absolute atomic E-state index is 13.8. The third-order valence-corrected chi connectivity index (χ3v) is 5.84. The van der Waals surface area contributed by atoms with Crippen LogP contribution in [0, 0.1) is 16.6 Å². The molecule has 2 aliphatic rings. The Morgan fingerprint density at radius 3 is 2.78 bits per heavy atom. The van der Waals surface area contributed by atoms with Crippen LogP contribution in [-0.4, -0.2) is 53.7 Å². The van der Waals surface area contributed by atoms with Gasteiger partial charge in [-0.3, -0.25) is 4.79 Å². The fraction of sp³-hybridized carbons (Fsp3) is 0.364. The standard InChI is InChI=1S/C22H26ClFN6O2/c1-11(25)17(26)6-7-32-19-8-14(24)4-5-15(19)22(31)30-9-16(18(27)10-30)21-28-12(2)20(23)13(3)29-21/h4-5,8,17,25,27-28H,6-7,9-10,26H2,1-3H3/b21-16+,25-11?,27-18?. The molecule has 1 aromatic carbocycles. The van der Waals surface area contributed by atoms with Crippen LogP contribution in [-0.2, 0) is 0 Å². The van der Waals surface area contributed by atoms with Crippen LogP contribution in [0.25, 0.3) is 0 Å². The van der Waals surface area contributed by atoms with Crippen molar-refractivity contribution in [2.75, 3.05) is 19.7 Å². The highest BCUT2D eigenvalue weighted by atomic mass is 35.5. The lowest BCUT2D eigenvalue weighted by molar-refractivity contribution is 0.0799. The van der Waals surface area contributed by atoms with E-state index in [-0.39, 0.29) is 42.6 Å². The van der Waals surface area contributed by atoms with Crippen molar-refractivity contribution in [2.24, 2.45) is 10.7 Å². The first-order chi connectivity index (χ1) is 15.1. The number of allylic oxidation sites excluding steroid dienone is 2. The third-order valence-electron chi connectivity index (χ3n) is 5.28. The highest BCUT2D eigenvalue weighted by molar-refractivity contribution is 6.43. The summed E-state index contributed by atoms with van der Waals surface area (Å²) in [6, 6.07) is 3.26. The number of hydrogen-bond donors (Lipinski definition) is 4. The van der Waals surface area contributed by atoms with Gasteiger partial charge in [0.25, 0.3) is 5.91 Å². The van der Waals surface area contributed by atoms with Crippen LogP contribution in [0.1, 0.15) is 37.6 Å². The van der Waals surface area contributed by atoms with Gasteiger partial charge in [-0.1, -0.05) is 11.6 Å². The van der Waals surface area contributed by atoms with Gasteiger partial charge < -0.3 is 31.5 Å². The summed E-state index contributed by atoms with van der Waals surface area (Å²) >= 11 is 6.18. The topological polar surface area (TPSA) is 128 Å². The van der Waals surface area contributed by atoms with E-state index in [1.54, 1.807) is 13.8 Å². The quantitative estimate of drug-likeness (QED) is 0.486. The molecule has 0 spiro atoms. The highest BCUT2D eigenvalue weighted by Gasteiger charge is 2.32. The van der Waals surface area contributed by atoms with Crippen LogP contribution in [0.4, 0.5) is 4.39 Å². The normalized spacial score (nSPS) is 19.6. The van der Waals surface area contributed by atoms with Gasteiger partial charge in [-0.25, -0.2) is 9.38 Å². The van der Waals surface area contributed by atoms with Crippen LogP contribution in [0.5, 0.6) is 5.75 Å². The predicted molar refractivity (Wildman–Crippen MR) is 123 cm³/mol. The molecule has 1 saturated heterocycles. The number of likely N-dealkylation sites (tertiary alicyclic amines) is 1. The Kier molecular flexibility index (Phi) is 7.10. The number of carbonyl (C=O) groups excluding carboxylic acids is 1. The average Bonchev–Trinajstić information content (AvgIpc) is 3.12. The van der Waals surface area contributed by atoms with Crippen molar-refractivity contribution in [1.29, 1.82) is 10.8 Å². The average molecular weight is 461 g/mol. The first-order valence-corrected chi connectivity index (χ1v) is 10.5. The number of carbonyl (C=O) groups is 1. The molecule has 1 fully saturated rings. The van der Waals surface area contributed by atoms with Crippen molar-refractivity contribution in [2.45, 2.75) is 33.2 Å². The van der Waals surface area contributed by atoms with E-state index in [9.17, 15) is 9.18 Å². The zero-order valence-electron chi connectivity index (χ0n) is 18.2. The first-order valence-electron chi connectivity index (χ1n) is 10.1. The maximum atomic E-state index is 13.8. The minimum atomic E-state index is -0.531. The second kappa shape index (κ2) is 9.62. The lowest BCUT2D eigenvalue weighted by Gasteiger charge is -2.19. The molecule has 0 aromatic heterocycles. The minimum absolute atomic E-state index is 0.0963. The molecular weight excluding hydrogens is 435 g/mol. The van der Waals surface area contributed by atoms with E-state index >= 15 is 0 Å². The fourth-order valence-electron chi connectivity index (χ4n) is 3.36. The Bertz CT molecular complexity index is 1080. The number of aliphatic imine (C=N–C) groups is 1. The highest BCUT2D eigenvalue weighted by Crippen LogP contribution is 2.27. The molecule has 0 aliphatic carbocycles. The molecule has 5 N–H and O–H groups in total. The van der Waals surface area contributed by atoms with E-state index in [4.69, 9.17) is 32.9 Å². The zero-order chi connectivity index (χ0) is 23.6. The number of amides is 1. The summed E-state index contributed by atoms with van der Waals surface area (Å²) in [5, 5.41) is 19.5. The number of halogens is 2. The second-order valence-electron chi connectivity index (χ2n) is 7.80. The fourth-order valence-corrected chi connectivity index (χ4v) is 3.45. The molecule has 10 heteroatoms. The van der Waals surface area contributed by atoms with Crippen LogP contribution >= 0.6 is 11.6 Å². The van der Waals surface area contributed by atoms with Crippen molar-refractivity contribution < 1.29 is 13.9 Å². The predicted octanol–water partition coefficient (Wildman–Crippen LogP) is 3.18. The molecule has 2 aliphatic heterocycles. The molecule has 1 atom stereocenters. The number of hydrogen-bond acceptors (Lipinski definition) is 7. The van der Waals surface area contributed by atoms with Crippen molar-refractivity contribution in [1.82, 2.24) is 10.2 Å². The molecule has 1 amide bonds. The zero-order valence-corrected chi connectivity index (χ0v) is 18.9. The molecule has 1 aromatic rings. The molecule has 1 unspecified atom stereocenters. The molecule has 3 rings (SSSR count). The number of benzene rings is 1. The number of ether oxygens (including phenoxy) is 1. The summed E-state index contributed by atoms with van der Waals surface area (Å²) in [5.41, 5.74) is 8.57. The lowest BCUT2D eigenvalue weighted by atomic mass is 10.1. The SMILES string of the molecule is CC(=N)C(N)CCOc1cc(F)ccc1C(=O)N1CC(=N)/C(=C2/N=C(C)C(Cl)=C(C)N2)C1. The summed E-state index contributed by atoms with van der Waals surface area (Å²) in [6.45, 7) is 5.61. The van der Waals surface area contributed by atoms with Gasteiger partial charge in [0.05, 0.1) is 41.7 Å². The molecule has 32 heavy (non-hydrogen) atoms. The Balaban J connectivity index is 1.79. The van der Waals surface area contributed by atoms with Gasteiger partial charge in [0.15, 0.2) is 0 Å². The first kappa shape index (κ1) is 23.6. The molecule has 2 heterocycles. The molecule has 8 nitrogen and oxygen atoms in total. The van der Waals surface area contributed by atoms with E-state index in [0.29, 0.717) is 34.3 Å². The van der Waals surface area contributed by atoms with E-state index in [0.717, 1.165) is 11.8 Å². The summed E-state index contributed by atoms with van der Waals surface area (Å²) < 4.78 is 19.5. The molecule has 0 radical (unpaired) electrons. The van der Waals surface area contributed by atoms with Crippen molar-refractivity contribution in [3.8, 4) is 5.75 Å². The Morgan fingerprint density at radius 1 is 1.41 bits per heavy atom. The van der Waals surface area contributed by atoms with Gasteiger partial charge >= 0.3 is 0 Å². The number of nitrogens with one attached hydrogen (secondary N) is 3. The van der Waals surface area contributed by atoms with E-state index in [2.05, 4.69) is 10.3 Å². The summed E-state index contributed by atoms with van der Waals surface area (Å²) in [4.78, 5) is 19.1. The maximum Gasteiger partial charge on any atom is 0.258 e. The molecule has 170 valence electrons. The van der Waals surface area contributed by atoms with Gasteiger partial charge in [0.2, 0.25) is 0 Å². The Hall–Kier alpha value is -3.04. The number of nitrogens with zero attached hydrogens (tertiary/aromatic N) is 2. The smallest absolute Gasteiger partial charge is 0.258 e. The van der Waals surface area contributed by atoms with Crippen LogP contribution < -0.4 is 15.8 Å². The van der Waals surface area contributed by atoms with Crippen molar-refractivity contribution in [3.63, 3.8) is 0 Å². The Labute approximate surface area is 191 Å². The Morgan fingerprint density at radius 2 is 2.12 bits per heavy atom. The van der Waals surface area contributed by atoms with Crippen molar-refractivity contribution in [3.05, 3.63) is 51.7 Å². The number of rotatable bonds is 6. The number of nitrogens with two attached hydrogens (primary N) is 1. The lowest BCUT2D eigenvalue weighted by Crippen LogP contribution is -2.31. The van der Waals surface area contributed by atoms with Gasteiger partial charge in [0, 0.05) is 35.5 Å². The van der Waals surface area contributed by atoms with Crippen LogP contribution in [0.3, 0.4) is 0 Å². The molecule has 0 saturated carbocycles. The van der Waals surface area contributed by atoms with E-state index in [1.807, 2.05) is 6.92 Å². The summed E-state index contributed by atoms with van der Waals surface area (Å²) in [5.74, 6) is -0.310.